The third-order valence-electron chi connectivity index (χ3n) is 1.47. The third kappa shape index (κ3) is 5.79. The highest BCUT2D eigenvalue weighted by Gasteiger charge is 1.95. The Morgan fingerprint density at radius 2 is 2.20 bits per heavy atom. The molecule has 0 saturated carbocycles. The van der Waals surface area contributed by atoms with E-state index in [4.69, 9.17) is 5.73 Å². The second-order valence-electron chi connectivity index (χ2n) is 2.74. The van der Waals surface area contributed by atoms with Crippen molar-refractivity contribution in [3.8, 4) is 0 Å². The zero-order valence-electron chi connectivity index (χ0n) is 6.93. The molecule has 0 radical (unpaired) electrons. The number of hydrogen-bond donors (Lipinski definition) is 2. The smallest absolute Gasteiger partial charge is 0.0517 e. The second-order valence-corrected chi connectivity index (χ2v) is 2.74. The molecule has 0 spiro atoms. The highest BCUT2D eigenvalue weighted by atomic mass is 15.0. The molecule has 0 saturated heterocycles. The molecular weight excluding hydrogens is 124 g/mol. The first kappa shape index (κ1) is 9.66. The highest BCUT2D eigenvalue weighted by Crippen LogP contribution is 1.99. The second kappa shape index (κ2) is 5.45. The van der Waals surface area contributed by atoms with Gasteiger partial charge in [-0.2, -0.15) is 0 Å². The van der Waals surface area contributed by atoms with Gasteiger partial charge in [-0.25, -0.2) is 0 Å². The maximum absolute atomic E-state index is 5.48. The summed E-state index contributed by atoms with van der Waals surface area (Å²) in [5.41, 5.74) is 5.48. The van der Waals surface area contributed by atoms with Gasteiger partial charge in [-0.05, 0) is 25.8 Å². The van der Waals surface area contributed by atoms with Crippen LogP contribution in [0.15, 0.2) is 12.7 Å². The Balaban J connectivity index is 3.11. The minimum atomic E-state index is 0.108. The largest absolute Gasteiger partial charge is 0.316 e. The van der Waals surface area contributed by atoms with Gasteiger partial charge in [-0.1, -0.05) is 13.0 Å². The van der Waals surface area contributed by atoms with Crippen LogP contribution in [0.3, 0.4) is 0 Å². The van der Waals surface area contributed by atoms with Crippen molar-refractivity contribution in [2.24, 2.45) is 11.7 Å². The summed E-state index contributed by atoms with van der Waals surface area (Å²) in [7, 11) is 0. The number of nitrogens with two attached hydrogens (primary N) is 1. The summed E-state index contributed by atoms with van der Waals surface area (Å²) in [6, 6.07) is 0. The molecule has 0 fully saturated rings. The van der Waals surface area contributed by atoms with E-state index in [2.05, 4.69) is 18.8 Å². The first-order valence-electron chi connectivity index (χ1n) is 3.78. The summed E-state index contributed by atoms with van der Waals surface area (Å²) in [6.07, 6.45) is 3.19. The fourth-order valence-electron chi connectivity index (χ4n) is 0.657. The van der Waals surface area contributed by atoms with Gasteiger partial charge in [0.25, 0.3) is 0 Å². The molecule has 3 N–H and O–H groups in total. The van der Waals surface area contributed by atoms with E-state index in [9.17, 15) is 0 Å². The van der Waals surface area contributed by atoms with Gasteiger partial charge in [0.15, 0.2) is 0 Å². The summed E-state index contributed by atoms with van der Waals surface area (Å²) in [5.74, 6) is 0.589. The van der Waals surface area contributed by atoms with Crippen LogP contribution < -0.4 is 11.1 Å². The Labute approximate surface area is 63.5 Å². The van der Waals surface area contributed by atoms with Gasteiger partial charge < -0.3 is 11.1 Å². The van der Waals surface area contributed by atoms with Crippen LogP contribution in [-0.2, 0) is 0 Å². The number of nitrogens with one attached hydrogen (secondary N) is 1. The minimum Gasteiger partial charge on any atom is -0.316 e. The summed E-state index contributed by atoms with van der Waals surface area (Å²) in [5, 5.41) is 3.14. The first-order valence-corrected chi connectivity index (χ1v) is 3.78. The van der Waals surface area contributed by atoms with Crippen molar-refractivity contribution in [2.75, 3.05) is 6.54 Å². The maximum Gasteiger partial charge on any atom is 0.0517 e. The van der Waals surface area contributed by atoms with Crippen molar-refractivity contribution in [3.05, 3.63) is 12.7 Å². The Hall–Kier alpha value is -0.340. The molecule has 0 amide bonds. The van der Waals surface area contributed by atoms with Crippen LogP contribution in [0.25, 0.3) is 0 Å². The van der Waals surface area contributed by atoms with Crippen LogP contribution in [0.1, 0.15) is 20.3 Å². The molecular formula is C8H18N2. The molecule has 2 unspecified atom stereocenters. The SMILES string of the molecule is C=CC(C)CCNC(C)N. The van der Waals surface area contributed by atoms with E-state index in [1.807, 2.05) is 13.0 Å². The predicted molar refractivity (Wildman–Crippen MR) is 45.6 cm³/mol. The summed E-state index contributed by atoms with van der Waals surface area (Å²) in [4.78, 5) is 0. The zero-order chi connectivity index (χ0) is 7.98. The molecule has 60 valence electrons. The molecule has 0 aromatic heterocycles. The van der Waals surface area contributed by atoms with Crippen molar-refractivity contribution in [2.45, 2.75) is 26.4 Å². The molecule has 0 heterocycles. The van der Waals surface area contributed by atoms with E-state index in [0.29, 0.717) is 5.92 Å². The summed E-state index contributed by atoms with van der Waals surface area (Å²) in [6.45, 7) is 8.77. The van der Waals surface area contributed by atoms with Crippen molar-refractivity contribution in [1.29, 1.82) is 0 Å². The average Bonchev–Trinajstić information content (AvgIpc) is 1.87. The Morgan fingerprint density at radius 3 is 2.60 bits per heavy atom. The summed E-state index contributed by atoms with van der Waals surface area (Å²) >= 11 is 0. The number of rotatable bonds is 5. The molecule has 2 nitrogen and oxygen atoms in total. The van der Waals surface area contributed by atoms with Crippen LogP contribution in [0.2, 0.25) is 0 Å². The van der Waals surface area contributed by atoms with Gasteiger partial charge in [0, 0.05) is 0 Å². The predicted octanol–water partition coefficient (Wildman–Crippen LogP) is 1.09. The molecule has 0 aromatic rings. The van der Waals surface area contributed by atoms with E-state index in [1.54, 1.807) is 0 Å². The Bertz CT molecular complexity index is 89.3. The van der Waals surface area contributed by atoms with Gasteiger partial charge in [-0.3, -0.25) is 0 Å². The highest BCUT2D eigenvalue weighted by molar-refractivity contribution is 4.75. The molecule has 0 aromatic carbocycles. The number of allylic oxidation sites excluding steroid dienone is 1. The summed E-state index contributed by atoms with van der Waals surface area (Å²) < 4.78 is 0. The minimum absolute atomic E-state index is 0.108. The van der Waals surface area contributed by atoms with Crippen LogP contribution in [0.4, 0.5) is 0 Å². The van der Waals surface area contributed by atoms with Crippen molar-refractivity contribution in [1.82, 2.24) is 5.32 Å². The van der Waals surface area contributed by atoms with Crippen molar-refractivity contribution >= 4 is 0 Å². The molecule has 10 heavy (non-hydrogen) atoms. The van der Waals surface area contributed by atoms with Crippen molar-refractivity contribution in [3.63, 3.8) is 0 Å². The maximum atomic E-state index is 5.48. The normalized spacial score (nSPS) is 16.3. The van der Waals surface area contributed by atoms with Gasteiger partial charge in [0.2, 0.25) is 0 Å². The number of hydrogen-bond acceptors (Lipinski definition) is 2. The quantitative estimate of drug-likeness (QED) is 0.445. The Kier molecular flexibility index (Phi) is 5.26. The standard InChI is InChI=1S/C8H18N2/c1-4-7(2)5-6-10-8(3)9/h4,7-8,10H,1,5-6,9H2,2-3H3. The van der Waals surface area contributed by atoms with Crippen LogP contribution in [-0.4, -0.2) is 12.7 Å². The first-order chi connectivity index (χ1) is 4.66. The molecule has 0 bridgehead atoms. The van der Waals surface area contributed by atoms with E-state index >= 15 is 0 Å². The molecule has 2 atom stereocenters. The van der Waals surface area contributed by atoms with Gasteiger partial charge in [-0.15, -0.1) is 6.58 Å². The zero-order valence-corrected chi connectivity index (χ0v) is 6.93. The van der Waals surface area contributed by atoms with Crippen molar-refractivity contribution < 1.29 is 0 Å². The topological polar surface area (TPSA) is 38.0 Å². The monoisotopic (exact) mass is 142 g/mol. The molecule has 0 rings (SSSR count). The lowest BCUT2D eigenvalue weighted by molar-refractivity contribution is 0.516. The van der Waals surface area contributed by atoms with Gasteiger partial charge in [0.05, 0.1) is 6.17 Å². The fourth-order valence-corrected chi connectivity index (χ4v) is 0.657. The van der Waals surface area contributed by atoms with E-state index < -0.39 is 0 Å². The molecule has 0 aliphatic heterocycles. The lowest BCUT2D eigenvalue weighted by Crippen LogP contribution is -2.35. The van der Waals surface area contributed by atoms with E-state index in [1.165, 1.54) is 0 Å². The van der Waals surface area contributed by atoms with Gasteiger partial charge >= 0.3 is 0 Å². The average molecular weight is 142 g/mol. The fraction of sp³-hybridized carbons (Fsp3) is 0.750. The molecule has 2 heteroatoms. The molecule has 0 aliphatic rings. The molecule has 0 aliphatic carbocycles. The van der Waals surface area contributed by atoms with Crippen LogP contribution in [0, 0.1) is 5.92 Å². The third-order valence-corrected chi connectivity index (χ3v) is 1.47. The van der Waals surface area contributed by atoms with Gasteiger partial charge in [0.1, 0.15) is 0 Å². The lowest BCUT2D eigenvalue weighted by atomic mass is 10.1. The lowest BCUT2D eigenvalue weighted by Gasteiger charge is -2.09. The van der Waals surface area contributed by atoms with E-state index in [-0.39, 0.29) is 6.17 Å². The Morgan fingerprint density at radius 1 is 1.60 bits per heavy atom. The van der Waals surface area contributed by atoms with E-state index in [0.717, 1.165) is 13.0 Å². The van der Waals surface area contributed by atoms with Crippen LogP contribution in [0.5, 0.6) is 0 Å². The van der Waals surface area contributed by atoms with Crippen LogP contribution >= 0.6 is 0 Å².